The Bertz CT molecular complexity index is 1560. The fourth-order valence-electron chi connectivity index (χ4n) is 5.45. The van der Waals surface area contributed by atoms with Gasteiger partial charge in [0.25, 0.3) is 11.5 Å². The summed E-state index contributed by atoms with van der Waals surface area (Å²) in [6.07, 6.45) is 3.28. The third-order valence-corrected chi connectivity index (χ3v) is 7.57. The maximum absolute atomic E-state index is 13.7. The Labute approximate surface area is 212 Å². The van der Waals surface area contributed by atoms with Gasteiger partial charge >= 0.3 is 0 Å². The molecule has 2 aliphatic rings. The number of aromatic nitrogens is 4. The minimum absolute atomic E-state index is 0.0428. The van der Waals surface area contributed by atoms with Gasteiger partial charge in [-0.25, -0.2) is 9.37 Å². The molecule has 6 rings (SSSR count). The Hall–Kier alpha value is -3.79. The lowest BCUT2D eigenvalue weighted by atomic mass is 10.0. The number of rotatable bonds is 3. The molecule has 0 aliphatic carbocycles. The van der Waals surface area contributed by atoms with Gasteiger partial charge in [0.2, 0.25) is 0 Å². The molecule has 1 amide bonds. The molecule has 0 radical (unpaired) electrons. The molecule has 0 saturated carbocycles. The first-order valence-electron chi connectivity index (χ1n) is 12.7. The van der Waals surface area contributed by atoms with Crippen molar-refractivity contribution in [2.75, 3.05) is 44.3 Å². The summed E-state index contributed by atoms with van der Waals surface area (Å²) in [7, 11) is 0. The lowest BCUT2D eigenvalue weighted by Crippen LogP contribution is -2.49. The van der Waals surface area contributed by atoms with Gasteiger partial charge in [0, 0.05) is 50.3 Å². The molecule has 0 bridgehead atoms. The first-order valence-corrected chi connectivity index (χ1v) is 12.7. The predicted octanol–water partition coefficient (Wildman–Crippen LogP) is 3.34. The third-order valence-electron chi connectivity index (χ3n) is 7.57. The summed E-state index contributed by atoms with van der Waals surface area (Å²) >= 11 is 0. The second-order valence-corrected chi connectivity index (χ2v) is 9.88. The number of nitrogens with one attached hydrogen (secondary N) is 1. The van der Waals surface area contributed by atoms with Crippen LogP contribution in [0, 0.1) is 19.7 Å². The van der Waals surface area contributed by atoms with Gasteiger partial charge in [-0.1, -0.05) is 0 Å². The molecule has 1 aromatic carbocycles. The third kappa shape index (κ3) is 4.15. The van der Waals surface area contributed by atoms with Gasteiger partial charge in [0.1, 0.15) is 11.6 Å². The van der Waals surface area contributed by atoms with Gasteiger partial charge in [-0.2, -0.15) is 5.10 Å². The highest BCUT2D eigenvalue weighted by Gasteiger charge is 2.26. The second kappa shape index (κ2) is 9.26. The number of hydrogen-bond donors (Lipinski definition) is 1. The Balaban J connectivity index is 1.32. The fourth-order valence-corrected chi connectivity index (χ4v) is 5.45. The van der Waals surface area contributed by atoms with Crippen molar-refractivity contribution in [1.29, 1.82) is 0 Å². The molecule has 5 heterocycles. The smallest absolute Gasteiger partial charge is 0.259 e. The van der Waals surface area contributed by atoms with E-state index >= 15 is 0 Å². The normalized spacial score (nSPS) is 17.2. The number of hydrogen-bond acceptors (Lipinski definition) is 6. The molecule has 1 N–H and O–H groups in total. The number of aromatic amines is 1. The maximum atomic E-state index is 13.7. The van der Waals surface area contributed by atoms with E-state index in [1.54, 1.807) is 19.2 Å². The van der Waals surface area contributed by atoms with Crippen LogP contribution in [0.2, 0.25) is 0 Å². The molecule has 4 aromatic rings. The van der Waals surface area contributed by atoms with Crippen LogP contribution in [0.3, 0.4) is 0 Å². The topological polar surface area (TPSA) is 96.3 Å². The Morgan fingerprint density at radius 2 is 1.84 bits per heavy atom. The summed E-state index contributed by atoms with van der Waals surface area (Å²) in [6, 6.07) is 7.05. The van der Waals surface area contributed by atoms with Gasteiger partial charge in [-0.15, -0.1) is 0 Å². The zero-order valence-corrected chi connectivity index (χ0v) is 21.0. The van der Waals surface area contributed by atoms with Gasteiger partial charge in [-0.05, 0) is 56.5 Å². The van der Waals surface area contributed by atoms with E-state index in [4.69, 9.17) is 4.74 Å². The first-order chi connectivity index (χ1) is 17.9. The van der Waals surface area contributed by atoms with Crippen molar-refractivity contribution in [3.05, 3.63) is 63.5 Å². The van der Waals surface area contributed by atoms with Crippen LogP contribution in [-0.4, -0.2) is 69.9 Å². The number of anilines is 1. The number of nitrogens with zero attached hydrogens (tertiary/aromatic N) is 5. The average Bonchev–Trinajstić information content (AvgIpc) is 3.36. The number of carbonyl (C=O) groups is 1. The van der Waals surface area contributed by atoms with Crippen molar-refractivity contribution >= 4 is 33.5 Å². The molecule has 9 nitrogen and oxygen atoms in total. The molecule has 10 heteroatoms. The van der Waals surface area contributed by atoms with Crippen LogP contribution in [0.25, 0.3) is 21.8 Å². The number of halogens is 1. The summed E-state index contributed by atoms with van der Waals surface area (Å²) in [5.41, 5.74) is 3.07. The minimum atomic E-state index is -0.321. The van der Waals surface area contributed by atoms with Crippen LogP contribution in [0.5, 0.6) is 0 Å². The number of amides is 1. The zero-order valence-electron chi connectivity index (χ0n) is 21.0. The van der Waals surface area contributed by atoms with E-state index in [1.807, 2.05) is 28.6 Å². The highest BCUT2D eigenvalue weighted by Crippen LogP contribution is 2.30. The molecule has 3 aromatic heterocycles. The van der Waals surface area contributed by atoms with Gasteiger partial charge in [-0.3, -0.25) is 14.3 Å². The molecule has 2 aliphatic heterocycles. The van der Waals surface area contributed by atoms with Crippen LogP contribution in [-0.2, 0) is 4.74 Å². The standard InChI is InChI=1S/C27H29FN6O3/c1-16-13-23-20(25-21(26(35)31-23)15-29-34(25)18-5-11-37-12-6-18)14-19(16)27(36)33-9-7-32(8-10-33)24-4-3-22(28)17(2)30-24/h3-4,13-15,18H,5-12H2,1-2H3,(H,31,35). The Morgan fingerprint density at radius 3 is 2.57 bits per heavy atom. The maximum Gasteiger partial charge on any atom is 0.259 e. The number of carbonyl (C=O) groups excluding carboxylic acids is 1. The summed E-state index contributed by atoms with van der Waals surface area (Å²) < 4.78 is 21.1. The molecular weight excluding hydrogens is 475 g/mol. The fraction of sp³-hybridized carbons (Fsp3) is 0.407. The highest BCUT2D eigenvalue weighted by molar-refractivity contribution is 6.07. The number of pyridine rings is 2. The van der Waals surface area contributed by atoms with Crippen molar-refractivity contribution in [2.45, 2.75) is 32.7 Å². The number of aryl methyl sites for hydroxylation is 2. The number of ether oxygens (including phenoxy) is 1. The molecule has 0 spiro atoms. The van der Waals surface area contributed by atoms with E-state index < -0.39 is 0 Å². The molecule has 0 unspecified atom stereocenters. The second-order valence-electron chi connectivity index (χ2n) is 9.88. The number of fused-ring (bicyclic) bond motifs is 3. The monoisotopic (exact) mass is 504 g/mol. The highest BCUT2D eigenvalue weighted by atomic mass is 19.1. The van der Waals surface area contributed by atoms with Crippen molar-refractivity contribution < 1.29 is 13.9 Å². The van der Waals surface area contributed by atoms with Crippen LogP contribution in [0.15, 0.2) is 35.3 Å². The molecular formula is C27H29FN6O3. The Kier molecular flexibility index (Phi) is 5.91. The number of H-pyrrole nitrogens is 1. The molecule has 37 heavy (non-hydrogen) atoms. The van der Waals surface area contributed by atoms with Gasteiger partial charge < -0.3 is 19.5 Å². The van der Waals surface area contributed by atoms with E-state index in [9.17, 15) is 14.0 Å². The largest absolute Gasteiger partial charge is 0.381 e. The van der Waals surface area contributed by atoms with Crippen molar-refractivity contribution in [3.63, 3.8) is 0 Å². The SMILES string of the molecule is Cc1cc2[nH]c(=O)c3cnn(C4CCOCC4)c3c2cc1C(=O)N1CCN(c2ccc(F)c(C)n2)CC1. The van der Waals surface area contributed by atoms with Crippen LogP contribution >= 0.6 is 0 Å². The van der Waals surface area contributed by atoms with Crippen LogP contribution < -0.4 is 10.5 Å². The first kappa shape index (κ1) is 23.6. The minimum Gasteiger partial charge on any atom is -0.381 e. The van der Waals surface area contributed by atoms with Crippen molar-refractivity contribution in [3.8, 4) is 0 Å². The van der Waals surface area contributed by atoms with E-state index in [1.165, 1.54) is 6.07 Å². The van der Waals surface area contributed by atoms with Gasteiger partial charge in [0.05, 0.1) is 34.4 Å². The number of piperazine rings is 1. The van der Waals surface area contributed by atoms with Crippen LogP contribution in [0.4, 0.5) is 10.2 Å². The predicted molar refractivity (Wildman–Crippen MR) is 139 cm³/mol. The summed E-state index contributed by atoms with van der Waals surface area (Å²) in [4.78, 5) is 37.7. The molecule has 0 atom stereocenters. The quantitative estimate of drug-likeness (QED) is 0.460. The van der Waals surface area contributed by atoms with E-state index in [0.717, 1.165) is 35.1 Å². The molecule has 2 fully saturated rings. The lowest BCUT2D eigenvalue weighted by Gasteiger charge is -2.35. The molecule has 2 saturated heterocycles. The lowest BCUT2D eigenvalue weighted by molar-refractivity contribution is 0.0675. The zero-order chi connectivity index (χ0) is 25.7. The molecule has 192 valence electrons. The summed E-state index contributed by atoms with van der Waals surface area (Å²) in [5.74, 6) is 0.359. The summed E-state index contributed by atoms with van der Waals surface area (Å²) in [6.45, 7) is 7.18. The van der Waals surface area contributed by atoms with E-state index in [0.29, 0.717) is 61.6 Å². The number of benzene rings is 1. The van der Waals surface area contributed by atoms with Crippen molar-refractivity contribution in [2.24, 2.45) is 0 Å². The average molecular weight is 505 g/mol. The van der Waals surface area contributed by atoms with Crippen molar-refractivity contribution in [1.82, 2.24) is 24.6 Å². The van der Waals surface area contributed by atoms with E-state index in [-0.39, 0.29) is 23.3 Å². The van der Waals surface area contributed by atoms with Crippen LogP contribution in [0.1, 0.15) is 40.5 Å². The van der Waals surface area contributed by atoms with E-state index in [2.05, 4.69) is 20.0 Å². The Morgan fingerprint density at radius 1 is 1.08 bits per heavy atom. The summed E-state index contributed by atoms with van der Waals surface area (Å²) in [5, 5.41) is 5.92. The van der Waals surface area contributed by atoms with Gasteiger partial charge in [0.15, 0.2) is 0 Å².